The lowest BCUT2D eigenvalue weighted by molar-refractivity contribution is 0.572. The van der Waals surface area contributed by atoms with E-state index in [1.165, 1.54) is 0 Å². The first-order valence-electron chi connectivity index (χ1n) is 4.96. The molecule has 4 heteroatoms. The average molecular weight is 227 g/mol. The molecule has 84 valence electrons. The Labute approximate surface area is 91.6 Å². The molecular weight excluding hydrogens is 210 g/mol. The van der Waals surface area contributed by atoms with Crippen LogP contribution in [0.5, 0.6) is 0 Å². The first-order chi connectivity index (χ1) is 6.93. The molecule has 1 rings (SSSR count). The Morgan fingerprint density at radius 1 is 1.27 bits per heavy atom. The van der Waals surface area contributed by atoms with Crippen LogP contribution in [0.2, 0.25) is 0 Å². The number of hydrogen-bond donors (Lipinski definition) is 1. The van der Waals surface area contributed by atoms with Gasteiger partial charge in [0, 0.05) is 6.54 Å². The molecule has 0 aromatic heterocycles. The van der Waals surface area contributed by atoms with E-state index in [1.807, 2.05) is 31.2 Å². The Morgan fingerprint density at radius 2 is 1.87 bits per heavy atom. The summed E-state index contributed by atoms with van der Waals surface area (Å²) in [6.07, 6.45) is 0. The molecule has 0 spiro atoms. The zero-order chi connectivity index (χ0) is 11.5. The molecule has 3 nitrogen and oxygen atoms in total. The van der Waals surface area contributed by atoms with Crippen molar-refractivity contribution in [2.45, 2.75) is 32.6 Å². The van der Waals surface area contributed by atoms with Crippen LogP contribution < -0.4 is 4.72 Å². The van der Waals surface area contributed by atoms with Crippen LogP contribution in [0.25, 0.3) is 0 Å². The molecule has 0 aliphatic heterocycles. The maximum Gasteiger partial charge on any atom is 0.214 e. The van der Waals surface area contributed by atoms with Crippen molar-refractivity contribution in [2.24, 2.45) is 0 Å². The van der Waals surface area contributed by atoms with Gasteiger partial charge in [0.1, 0.15) is 0 Å². The Bertz CT molecular complexity index is 424. The number of nitrogens with one attached hydrogen (secondary N) is 1. The van der Waals surface area contributed by atoms with Crippen LogP contribution in [-0.2, 0) is 16.6 Å². The van der Waals surface area contributed by atoms with Gasteiger partial charge in [-0.15, -0.1) is 0 Å². The van der Waals surface area contributed by atoms with Crippen LogP contribution in [0.4, 0.5) is 0 Å². The highest BCUT2D eigenvalue weighted by Crippen LogP contribution is 2.07. The summed E-state index contributed by atoms with van der Waals surface area (Å²) < 4.78 is 25.6. The van der Waals surface area contributed by atoms with E-state index in [9.17, 15) is 8.42 Å². The monoisotopic (exact) mass is 227 g/mol. The van der Waals surface area contributed by atoms with Crippen LogP contribution in [0.15, 0.2) is 24.3 Å². The Morgan fingerprint density at radius 3 is 2.40 bits per heavy atom. The van der Waals surface area contributed by atoms with Gasteiger partial charge in [-0.2, -0.15) is 0 Å². The maximum absolute atomic E-state index is 11.5. The molecule has 0 radical (unpaired) electrons. The number of rotatable bonds is 4. The highest BCUT2D eigenvalue weighted by Gasteiger charge is 2.14. The summed E-state index contributed by atoms with van der Waals surface area (Å²) in [7, 11) is -3.16. The van der Waals surface area contributed by atoms with Gasteiger partial charge in [0.15, 0.2) is 0 Å². The van der Waals surface area contributed by atoms with E-state index in [1.54, 1.807) is 13.8 Å². The fraction of sp³-hybridized carbons (Fsp3) is 0.455. The lowest BCUT2D eigenvalue weighted by Gasteiger charge is -2.10. The normalized spacial score (nSPS) is 12.0. The van der Waals surface area contributed by atoms with E-state index in [-0.39, 0.29) is 5.25 Å². The predicted octanol–water partition coefficient (Wildman–Crippen LogP) is 1.82. The van der Waals surface area contributed by atoms with Gasteiger partial charge >= 0.3 is 0 Å². The van der Waals surface area contributed by atoms with Gasteiger partial charge in [-0.05, 0) is 31.9 Å². The lowest BCUT2D eigenvalue weighted by atomic mass is 10.1. The molecule has 0 amide bonds. The number of hydrogen-bond acceptors (Lipinski definition) is 2. The highest BCUT2D eigenvalue weighted by atomic mass is 32.2. The van der Waals surface area contributed by atoms with Gasteiger partial charge in [0.25, 0.3) is 0 Å². The highest BCUT2D eigenvalue weighted by molar-refractivity contribution is 7.90. The van der Waals surface area contributed by atoms with Crippen molar-refractivity contribution in [1.82, 2.24) is 4.72 Å². The Kier molecular flexibility index (Phi) is 3.88. The van der Waals surface area contributed by atoms with Crippen molar-refractivity contribution in [1.29, 1.82) is 0 Å². The van der Waals surface area contributed by atoms with Gasteiger partial charge in [0.05, 0.1) is 5.25 Å². The summed E-state index contributed by atoms with van der Waals surface area (Å²) >= 11 is 0. The van der Waals surface area contributed by atoms with E-state index in [2.05, 4.69) is 4.72 Å². The molecule has 0 saturated heterocycles. The first-order valence-corrected chi connectivity index (χ1v) is 6.51. The van der Waals surface area contributed by atoms with Gasteiger partial charge in [0.2, 0.25) is 10.0 Å². The maximum atomic E-state index is 11.5. The molecule has 1 N–H and O–H groups in total. The zero-order valence-corrected chi connectivity index (χ0v) is 10.1. The summed E-state index contributed by atoms with van der Waals surface area (Å²) in [5.74, 6) is 0. The fourth-order valence-electron chi connectivity index (χ4n) is 1.15. The standard InChI is InChI=1S/C11H17NO2S/c1-9(2)15(13,14)12-8-11-7-5-4-6-10(11)3/h4-7,9,12H,8H2,1-3H3. The molecule has 1 aromatic rings. The molecule has 1 aromatic carbocycles. The SMILES string of the molecule is Cc1ccccc1CNS(=O)(=O)C(C)C. The van der Waals surface area contributed by atoms with Gasteiger partial charge in [-0.1, -0.05) is 24.3 Å². The lowest BCUT2D eigenvalue weighted by Crippen LogP contribution is -2.30. The molecule has 0 aliphatic carbocycles. The second-order valence-electron chi connectivity index (χ2n) is 3.84. The molecule has 0 fully saturated rings. The molecule has 0 heterocycles. The summed E-state index contributed by atoms with van der Waals surface area (Å²) in [6, 6.07) is 7.75. The minimum atomic E-state index is -3.16. The van der Waals surface area contributed by atoms with E-state index < -0.39 is 10.0 Å². The molecule has 0 unspecified atom stereocenters. The van der Waals surface area contributed by atoms with Crippen LogP contribution >= 0.6 is 0 Å². The molecule has 0 atom stereocenters. The molecule has 0 bridgehead atoms. The average Bonchev–Trinajstić information content (AvgIpc) is 2.16. The van der Waals surface area contributed by atoms with E-state index >= 15 is 0 Å². The first kappa shape index (κ1) is 12.2. The minimum absolute atomic E-state index is 0.368. The van der Waals surface area contributed by atoms with Crippen molar-refractivity contribution in [3.63, 3.8) is 0 Å². The summed E-state index contributed by atoms with van der Waals surface area (Å²) in [4.78, 5) is 0. The third kappa shape index (κ3) is 3.32. The van der Waals surface area contributed by atoms with Crippen molar-refractivity contribution >= 4 is 10.0 Å². The second kappa shape index (κ2) is 4.77. The van der Waals surface area contributed by atoms with Crippen molar-refractivity contribution in [2.75, 3.05) is 0 Å². The Balaban J connectivity index is 2.70. The topological polar surface area (TPSA) is 46.2 Å². The zero-order valence-electron chi connectivity index (χ0n) is 9.32. The molecule has 0 aliphatic rings. The van der Waals surface area contributed by atoms with Crippen LogP contribution in [0.3, 0.4) is 0 Å². The summed E-state index contributed by atoms with van der Waals surface area (Å²) in [5, 5.41) is -0.387. The van der Waals surface area contributed by atoms with Gasteiger partial charge < -0.3 is 0 Å². The van der Waals surface area contributed by atoms with Crippen molar-refractivity contribution < 1.29 is 8.42 Å². The molecular formula is C11H17NO2S. The van der Waals surface area contributed by atoms with Crippen LogP contribution in [0, 0.1) is 6.92 Å². The number of benzene rings is 1. The van der Waals surface area contributed by atoms with E-state index in [4.69, 9.17) is 0 Å². The number of sulfonamides is 1. The van der Waals surface area contributed by atoms with E-state index in [0.717, 1.165) is 11.1 Å². The third-order valence-electron chi connectivity index (χ3n) is 2.35. The smallest absolute Gasteiger partial charge is 0.212 e. The van der Waals surface area contributed by atoms with Crippen molar-refractivity contribution in [3.05, 3.63) is 35.4 Å². The van der Waals surface area contributed by atoms with Gasteiger partial charge in [-0.25, -0.2) is 13.1 Å². The van der Waals surface area contributed by atoms with Gasteiger partial charge in [-0.3, -0.25) is 0 Å². The summed E-state index contributed by atoms with van der Waals surface area (Å²) in [6.45, 7) is 5.67. The molecule has 0 saturated carbocycles. The fourth-order valence-corrected chi connectivity index (χ4v) is 1.84. The quantitative estimate of drug-likeness (QED) is 0.853. The predicted molar refractivity (Wildman–Crippen MR) is 62.1 cm³/mol. The van der Waals surface area contributed by atoms with Crippen LogP contribution in [-0.4, -0.2) is 13.7 Å². The summed E-state index contributed by atoms with van der Waals surface area (Å²) in [5.41, 5.74) is 2.12. The van der Waals surface area contributed by atoms with Crippen molar-refractivity contribution in [3.8, 4) is 0 Å². The van der Waals surface area contributed by atoms with E-state index in [0.29, 0.717) is 6.54 Å². The number of aryl methyl sites for hydroxylation is 1. The minimum Gasteiger partial charge on any atom is -0.212 e. The second-order valence-corrected chi connectivity index (χ2v) is 6.16. The van der Waals surface area contributed by atoms with Crippen LogP contribution in [0.1, 0.15) is 25.0 Å². The largest absolute Gasteiger partial charge is 0.214 e. The Hall–Kier alpha value is -0.870. The third-order valence-corrected chi connectivity index (χ3v) is 4.13. The molecule has 15 heavy (non-hydrogen) atoms.